The van der Waals surface area contributed by atoms with Gasteiger partial charge in [0.05, 0.1) is 10.5 Å². The number of hydrogen-bond acceptors (Lipinski definition) is 6. The molecule has 3 heterocycles. The maximum absolute atomic E-state index is 13.5. The van der Waals surface area contributed by atoms with Crippen LogP contribution in [0.25, 0.3) is 11.7 Å². The van der Waals surface area contributed by atoms with Crippen LogP contribution in [0.4, 0.5) is 0 Å². The summed E-state index contributed by atoms with van der Waals surface area (Å²) in [6, 6.07) is 13.6. The lowest BCUT2D eigenvalue weighted by molar-refractivity contribution is -0.122. The summed E-state index contributed by atoms with van der Waals surface area (Å²) >= 11 is 8.20. The lowest BCUT2D eigenvalue weighted by Gasteiger charge is -2.14. The molecule has 1 aliphatic heterocycles. The number of pyridine rings is 1. The summed E-state index contributed by atoms with van der Waals surface area (Å²) in [6.45, 7) is 4.76. The molecule has 0 saturated carbocycles. The van der Waals surface area contributed by atoms with Crippen LogP contribution in [0.15, 0.2) is 68.3 Å². The fourth-order valence-electron chi connectivity index (χ4n) is 3.91. The first-order valence-electron chi connectivity index (χ1n) is 12.0. The zero-order chi connectivity index (χ0) is 24.8. The van der Waals surface area contributed by atoms with Crippen LogP contribution in [0.3, 0.4) is 0 Å². The SMILES string of the molecule is CCCCCCCCN1C(=O)C(=Cc2c(Sc3ccccc3)nc3ccc(C)cn3c2=O)SC1=S. The zero-order valence-electron chi connectivity index (χ0n) is 20.0. The highest BCUT2D eigenvalue weighted by Gasteiger charge is 2.32. The minimum Gasteiger partial charge on any atom is -0.293 e. The molecule has 8 heteroatoms. The highest BCUT2D eigenvalue weighted by molar-refractivity contribution is 8.26. The standard InChI is InChI=1S/C27H29N3O2S3/c1-3-4-5-6-7-11-16-29-26(32)22(35-27(29)33)17-21-24(34-20-12-9-8-10-13-20)28-23-15-14-19(2)18-30(23)25(21)31/h8-10,12-15,17-18H,3-7,11,16H2,1-2H3. The van der Waals surface area contributed by atoms with Crippen molar-refractivity contribution in [1.29, 1.82) is 0 Å². The molecular weight excluding hydrogens is 495 g/mol. The van der Waals surface area contributed by atoms with E-state index in [2.05, 4.69) is 6.92 Å². The fourth-order valence-corrected chi connectivity index (χ4v) is 6.12. The molecule has 182 valence electrons. The summed E-state index contributed by atoms with van der Waals surface area (Å²) in [5.41, 5.74) is 1.74. The van der Waals surface area contributed by atoms with Crippen LogP contribution in [0.2, 0.25) is 0 Å². The average molecular weight is 524 g/mol. The van der Waals surface area contributed by atoms with E-state index in [0.717, 1.165) is 23.3 Å². The van der Waals surface area contributed by atoms with Crippen LogP contribution in [0, 0.1) is 6.92 Å². The number of benzene rings is 1. The van der Waals surface area contributed by atoms with Crippen LogP contribution >= 0.6 is 35.7 Å². The Morgan fingerprint density at radius 3 is 2.54 bits per heavy atom. The van der Waals surface area contributed by atoms with E-state index in [1.54, 1.807) is 21.6 Å². The van der Waals surface area contributed by atoms with E-state index >= 15 is 0 Å². The molecule has 0 spiro atoms. The van der Waals surface area contributed by atoms with Gasteiger partial charge in [0.1, 0.15) is 15.0 Å². The number of unbranched alkanes of at least 4 members (excludes halogenated alkanes) is 5. The summed E-state index contributed by atoms with van der Waals surface area (Å²) in [4.78, 5) is 34.6. The molecule has 0 aliphatic carbocycles. The third-order valence-electron chi connectivity index (χ3n) is 5.81. The predicted octanol–water partition coefficient (Wildman–Crippen LogP) is 6.72. The Hall–Kier alpha value is -2.42. The summed E-state index contributed by atoms with van der Waals surface area (Å²) in [5.74, 6) is -0.127. The van der Waals surface area contributed by atoms with Crippen molar-refractivity contribution in [1.82, 2.24) is 14.3 Å². The van der Waals surface area contributed by atoms with Gasteiger partial charge in [-0.05, 0) is 43.2 Å². The van der Waals surface area contributed by atoms with Gasteiger partial charge in [0.2, 0.25) is 0 Å². The number of thiocarbonyl (C=S) groups is 1. The van der Waals surface area contributed by atoms with Gasteiger partial charge in [0.15, 0.2) is 0 Å². The summed E-state index contributed by atoms with van der Waals surface area (Å²) in [6.07, 6.45) is 10.3. The van der Waals surface area contributed by atoms with Gasteiger partial charge in [0.25, 0.3) is 11.5 Å². The normalized spacial score (nSPS) is 15.0. The maximum atomic E-state index is 13.5. The van der Waals surface area contributed by atoms with Gasteiger partial charge in [-0.1, -0.05) is 99.0 Å². The van der Waals surface area contributed by atoms with E-state index in [1.807, 2.05) is 49.4 Å². The monoisotopic (exact) mass is 523 g/mol. The van der Waals surface area contributed by atoms with Crippen molar-refractivity contribution in [2.24, 2.45) is 0 Å². The molecular formula is C27H29N3O2S3. The number of hydrogen-bond donors (Lipinski definition) is 0. The number of aromatic nitrogens is 2. The number of nitrogens with zero attached hydrogens (tertiary/aromatic N) is 3. The molecule has 1 aromatic carbocycles. The van der Waals surface area contributed by atoms with E-state index in [4.69, 9.17) is 17.2 Å². The second-order valence-corrected chi connectivity index (χ2v) is 11.3. The van der Waals surface area contributed by atoms with Crippen molar-refractivity contribution in [3.8, 4) is 0 Å². The third kappa shape index (κ3) is 6.23. The Balaban J connectivity index is 1.64. The smallest absolute Gasteiger partial charge is 0.266 e. The first-order chi connectivity index (χ1) is 17.0. The van der Waals surface area contributed by atoms with Crippen LogP contribution in [0.5, 0.6) is 0 Å². The van der Waals surface area contributed by atoms with E-state index in [-0.39, 0.29) is 11.5 Å². The van der Waals surface area contributed by atoms with Crippen LogP contribution in [-0.4, -0.2) is 31.1 Å². The van der Waals surface area contributed by atoms with E-state index < -0.39 is 0 Å². The highest BCUT2D eigenvalue weighted by Crippen LogP contribution is 2.35. The Morgan fingerprint density at radius 2 is 1.77 bits per heavy atom. The Bertz CT molecular complexity index is 1320. The Kier molecular flexibility index (Phi) is 8.81. The van der Waals surface area contributed by atoms with Crippen LogP contribution in [-0.2, 0) is 4.79 Å². The number of fused-ring (bicyclic) bond motifs is 1. The minimum atomic E-state index is -0.196. The third-order valence-corrected chi connectivity index (χ3v) is 8.20. The number of carbonyl (C=O) groups excluding carboxylic acids is 1. The van der Waals surface area contributed by atoms with Gasteiger partial charge < -0.3 is 0 Å². The number of thioether (sulfide) groups is 1. The largest absolute Gasteiger partial charge is 0.293 e. The van der Waals surface area contributed by atoms with Gasteiger partial charge in [-0.25, -0.2) is 4.98 Å². The number of carbonyl (C=O) groups is 1. The van der Waals surface area contributed by atoms with Crippen molar-refractivity contribution in [3.63, 3.8) is 0 Å². The Labute approximate surface area is 220 Å². The zero-order valence-corrected chi connectivity index (χ0v) is 22.5. The fraction of sp³-hybridized carbons (Fsp3) is 0.333. The van der Waals surface area contributed by atoms with Crippen molar-refractivity contribution in [2.45, 2.75) is 62.3 Å². The van der Waals surface area contributed by atoms with E-state index in [0.29, 0.717) is 32.0 Å². The molecule has 35 heavy (non-hydrogen) atoms. The summed E-state index contributed by atoms with van der Waals surface area (Å²) in [7, 11) is 0. The molecule has 1 saturated heterocycles. The van der Waals surface area contributed by atoms with Gasteiger partial charge in [-0.2, -0.15) is 0 Å². The highest BCUT2D eigenvalue weighted by atomic mass is 32.2. The second kappa shape index (κ2) is 12.0. The maximum Gasteiger partial charge on any atom is 0.266 e. The molecule has 1 aliphatic rings. The molecule has 2 aromatic heterocycles. The summed E-state index contributed by atoms with van der Waals surface area (Å²) < 4.78 is 2.10. The Morgan fingerprint density at radius 1 is 1.03 bits per heavy atom. The molecule has 5 nitrogen and oxygen atoms in total. The van der Waals surface area contributed by atoms with Crippen molar-refractivity contribution < 1.29 is 4.79 Å². The van der Waals surface area contributed by atoms with Crippen molar-refractivity contribution in [2.75, 3.05) is 6.54 Å². The number of aryl methyl sites for hydroxylation is 1. The molecule has 0 unspecified atom stereocenters. The van der Waals surface area contributed by atoms with Gasteiger partial charge in [-0.15, -0.1) is 0 Å². The van der Waals surface area contributed by atoms with Gasteiger partial charge in [0, 0.05) is 17.6 Å². The summed E-state index contributed by atoms with van der Waals surface area (Å²) in [5, 5.41) is 0.575. The molecule has 0 radical (unpaired) electrons. The van der Waals surface area contributed by atoms with E-state index in [1.165, 1.54) is 49.2 Å². The molecule has 3 aromatic rings. The first-order valence-corrected chi connectivity index (χ1v) is 14.0. The quantitative estimate of drug-likeness (QED) is 0.127. The van der Waals surface area contributed by atoms with Crippen LogP contribution < -0.4 is 5.56 Å². The first kappa shape index (κ1) is 25.7. The topological polar surface area (TPSA) is 54.7 Å². The molecule has 1 fully saturated rings. The van der Waals surface area contributed by atoms with Crippen molar-refractivity contribution >= 4 is 57.7 Å². The van der Waals surface area contributed by atoms with E-state index in [9.17, 15) is 9.59 Å². The predicted molar refractivity (Wildman–Crippen MR) is 150 cm³/mol. The van der Waals surface area contributed by atoms with Gasteiger partial charge >= 0.3 is 0 Å². The number of rotatable bonds is 10. The minimum absolute atomic E-state index is 0.127. The van der Waals surface area contributed by atoms with Crippen LogP contribution in [0.1, 0.15) is 56.6 Å². The molecule has 0 N–H and O–H groups in total. The average Bonchev–Trinajstić information content (AvgIpc) is 3.12. The lowest BCUT2D eigenvalue weighted by atomic mass is 10.1. The van der Waals surface area contributed by atoms with Crippen molar-refractivity contribution in [3.05, 3.63) is 75.0 Å². The second-order valence-electron chi connectivity index (χ2n) is 8.59. The molecule has 4 rings (SSSR count). The molecule has 0 bridgehead atoms. The molecule has 1 amide bonds. The number of amides is 1. The van der Waals surface area contributed by atoms with Gasteiger partial charge in [-0.3, -0.25) is 18.9 Å². The molecule has 0 atom stereocenters. The lowest BCUT2D eigenvalue weighted by Crippen LogP contribution is -2.29.